The minimum absolute atomic E-state index is 0.0647. The van der Waals surface area contributed by atoms with E-state index in [1.54, 1.807) is 17.0 Å². The molecule has 1 N–H and O–H groups in total. The van der Waals surface area contributed by atoms with Gasteiger partial charge >= 0.3 is 0 Å². The van der Waals surface area contributed by atoms with E-state index in [-0.39, 0.29) is 23.8 Å². The lowest BCUT2D eigenvalue weighted by atomic mass is 10.0. The largest absolute Gasteiger partial charge is 0.350 e. The Morgan fingerprint density at radius 2 is 1.69 bits per heavy atom. The molecule has 2 aromatic carbocycles. The van der Waals surface area contributed by atoms with Crippen LogP contribution in [0.1, 0.15) is 50.8 Å². The van der Waals surface area contributed by atoms with Crippen molar-refractivity contribution in [1.82, 2.24) is 10.2 Å². The fourth-order valence-corrected chi connectivity index (χ4v) is 3.36. The molecule has 0 aliphatic rings. The van der Waals surface area contributed by atoms with Gasteiger partial charge in [0.05, 0.1) is 6.42 Å². The summed E-state index contributed by atoms with van der Waals surface area (Å²) in [6.45, 7) is 10.1. The maximum atomic E-state index is 13.3. The summed E-state index contributed by atoms with van der Waals surface area (Å²) in [5.41, 5.74) is 2.62. The van der Waals surface area contributed by atoms with E-state index in [1.165, 1.54) is 0 Å². The topological polar surface area (TPSA) is 49.4 Å². The number of nitrogens with zero attached hydrogens (tertiary/aromatic N) is 1. The molecule has 0 aromatic heterocycles. The van der Waals surface area contributed by atoms with Gasteiger partial charge in [-0.3, -0.25) is 9.59 Å². The van der Waals surface area contributed by atoms with Crippen molar-refractivity contribution < 1.29 is 9.59 Å². The lowest BCUT2D eigenvalue weighted by molar-refractivity contribution is -0.141. The summed E-state index contributed by atoms with van der Waals surface area (Å²) >= 11 is 6.00. The highest BCUT2D eigenvalue weighted by Gasteiger charge is 2.30. The second-order valence-electron chi connectivity index (χ2n) is 8.41. The Labute approximate surface area is 179 Å². The molecule has 2 amide bonds. The number of benzene rings is 2. The van der Waals surface area contributed by atoms with Crippen LogP contribution in [-0.4, -0.2) is 28.3 Å². The monoisotopic (exact) mass is 414 g/mol. The van der Waals surface area contributed by atoms with Crippen molar-refractivity contribution in [2.24, 2.45) is 0 Å². The predicted octanol–water partition coefficient (Wildman–Crippen LogP) is 4.91. The third kappa shape index (κ3) is 6.90. The third-order valence-corrected chi connectivity index (χ3v) is 5.01. The molecule has 0 bridgehead atoms. The van der Waals surface area contributed by atoms with E-state index >= 15 is 0 Å². The van der Waals surface area contributed by atoms with Crippen molar-refractivity contribution >= 4 is 23.4 Å². The molecule has 0 aliphatic heterocycles. The molecule has 29 heavy (non-hydrogen) atoms. The number of aryl methyl sites for hydroxylation is 1. The summed E-state index contributed by atoms with van der Waals surface area (Å²) in [6.07, 6.45) is 0.800. The summed E-state index contributed by atoms with van der Waals surface area (Å²) in [6, 6.07) is 14.7. The molecule has 5 heteroatoms. The van der Waals surface area contributed by atoms with Crippen LogP contribution in [0.4, 0.5) is 0 Å². The van der Waals surface area contributed by atoms with Gasteiger partial charge in [-0.15, -0.1) is 0 Å². The van der Waals surface area contributed by atoms with Crippen molar-refractivity contribution in [2.45, 2.75) is 65.6 Å². The third-order valence-electron chi connectivity index (χ3n) is 4.75. The van der Waals surface area contributed by atoms with Gasteiger partial charge in [0.1, 0.15) is 6.04 Å². The van der Waals surface area contributed by atoms with Crippen LogP contribution >= 0.6 is 11.6 Å². The molecule has 2 rings (SSSR count). The lowest BCUT2D eigenvalue weighted by Crippen LogP contribution is -2.53. The van der Waals surface area contributed by atoms with E-state index in [4.69, 9.17) is 11.6 Å². The highest BCUT2D eigenvalue weighted by Crippen LogP contribution is 2.18. The van der Waals surface area contributed by atoms with E-state index in [1.807, 2.05) is 71.0 Å². The quantitative estimate of drug-likeness (QED) is 0.699. The molecule has 0 saturated carbocycles. The summed E-state index contributed by atoms with van der Waals surface area (Å²) in [5, 5.41) is 3.66. The van der Waals surface area contributed by atoms with Crippen molar-refractivity contribution in [1.29, 1.82) is 0 Å². The number of carbonyl (C=O) groups excluding carboxylic acids is 2. The summed E-state index contributed by atoms with van der Waals surface area (Å²) < 4.78 is 0. The first kappa shape index (κ1) is 23.0. The lowest BCUT2D eigenvalue weighted by Gasteiger charge is -2.33. The number of nitrogens with one attached hydrogen (secondary N) is 1. The molecule has 0 aliphatic carbocycles. The molecule has 156 valence electrons. The Morgan fingerprint density at radius 3 is 2.24 bits per heavy atom. The summed E-state index contributed by atoms with van der Waals surface area (Å²) in [7, 11) is 0. The molecule has 0 unspecified atom stereocenters. The molecule has 0 spiro atoms. The molecule has 0 fully saturated rings. The summed E-state index contributed by atoms with van der Waals surface area (Å²) in [4.78, 5) is 28.0. The fraction of sp³-hybridized carbons (Fsp3) is 0.417. The van der Waals surface area contributed by atoms with Crippen LogP contribution < -0.4 is 5.32 Å². The molecular weight excluding hydrogens is 384 g/mol. The number of amides is 2. The van der Waals surface area contributed by atoms with Crippen molar-refractivity contribution in [3.8, 4) is 0 Å². The zero-order valence-corrected chi connectivity index (χ0v) is 18.7. The van der Waals surface area contributed by atoms with Crippen molar-refractivity contribution in [3.63, 3.8) is 0 Å². The van der Waals surface area contributed by atoms with Gasteiger partial charge in [-0.25, -0.2) is 0 Å². The van der Waals surface area contributed by atoms with E-state index in [2.05, 4.69) is 5.32 Å². The Morgan fingerprint density at radius 1 is 1.07 bits per heavy atom. The number of hydrogen-bond donors (Lipinski definition) is 1. The molecule has 2 aromatic rings. The number of halogens is 1. The smallest absolute Gasteiger partial charge is 0.243 e. The SMILES string of the molecule is CC[C@H](C(=O)NC(C)(C)C)N(Cc1ccc(Cl)cc1)C(=O)Cc1ccccc1C. The van der Waals surface area contributed by atoms with Crippen LogP contribution in [0.2, 0.25) is 5.02 Å². The Balaban J connectivity index is 2.32. The van der Waals surface area contributed by atoms with E-state index in [0.29, 0.717) is 18.0 Å². The van der Waals surface area contributed by atoms with Gasteiger partial charge in [-0.05, 0) is 62.9 Å². The first-order chi connectivity index (χ1) is 13.6. The maximum Gasteiger partial charge on any atom is 0.243 e. The highest BCUT2D eigenvalue weighted by molar-refractivity contribution is 6.30. The summed E-state index contributed by atoms with van der Waals surface area (Å²) in [5.74, 6) is -0.197. The van der Waals surface area contributed by atoms with Crippen LogP contribution in [0.25, 0.3) is 0 Å². The average Bonchev–Trinajstić information content (AvgIpc) is 2.63. The van der Waals surface area contributed by atoms with Gasteiger partial charge in [0, 0.05) is 17.1 Å². The van der Waals surface area contributed by atoms with Gasteiger partial charge in [0.2, 0.25) is 11.8 Å². The number of carbonyl (C=O) groups is 2. The first-order valence-electron chi connectivity index (χ1n) is 10.0. The molecule has 0 radical (unpaired) electrons. The standard InChI is InChI=1S/C24H31ClN2O2/c1-6-21(23(29)26-24(3,4)5)27(16-18-11-13-20(25)14-12-18)22(28)15-19-10-8-7-9-17(19)2/h7-14,21H,6,15-16H2,1-5H3,(H,26,29)/t21-/m1/s1. The van der Waals surface area contributed by atoms with Crippen LogP contribution in [0.3, 0.4) is 0 Å². The van der Waals surface area contributed by atoms with Gasteiger partial charge in [0.25, 0.3) is 0 Å². The molecule has 4 nitrogen and oxygen atoms in total. The van der Waals surface area contributed by atoms with Crippen LogP contribution in [0.15, 0.2) is 48.5 Å². The predicted molar refractivity (Wildman–Crippen MR) is 119 cm³/mol. The Bertz CT molecular complexity index is 841. The number of rotatable bonds is 7. The van der Waals surface area contributed by atoms with Gasteiger partial charge in [-0.2, -0.15) is 0 Å². The minimum Gasteiger partial charge on any atom is -0.350 e. The highest BCUT2D eigenvalue weighted by atomic mass is 35.5. The second-order valence-corrected chi connectivity index (χ2v) is 8.85. The maximum absolute atomic E-state index is 13.3. The van der Waals surface area contributed by atoms with E-state index in [9.17, 15) is 9.59 Å². The molecule has 0 heterocycles. The van der Waals surface area contributed by atoms with Crippen molar-refractivity contribution in [2.75, 3.05) is 0 Å². The van der Waals surface area contributed by atoms with Crippen molar-refractivity contribution in [3.05, 3.63) is 70.2 Å². The Kier molecular flexibility index (Phi) is 7.86. The van der Waals surface area contributed by atoms with Gasteiger partial charge < -0.3 is 10.2 Å². The van der Waals surface area contributed by atoms with E-state index in [0.717, 1.165) is 16.7 Å². The van der Waals surface area contributed by atoms with E-state index < -0.39 is 6.04 Å². The first-order valence-corrected chi connectivity index (χ1v) is 10.4. The average molecular weight is 415 g/mol. The van der Waals surface area contributed by atoms with Gasteiger partial charge in [-0.1, -0.05) is 54.9 Å². The second kappa shape index (κ2) is 9.93. The number of hydrogen-bond acceptors (Lipinski definition) is 2. The van der Waals surface area contributed by atoms with Crippen LogP contribution in [-0.2, 0) is 22.6 Å². The van der Waals surface area contributed by atoms with Crippen LogP contribution in [0.5, 0.6) is 0 Å². The molecule has 1 atom stereocenters. The Hall–Kier alpha value is -2.33. The zero-order chi connectivity index (χ0) is 21.6. The molecule has 0 saturated heterocycles. The normalized spacial score (nSPS) is 12.3. The zero-order valence-electron chi connectivity index (χ0n) is 18.0. The van der Waals surface area contributed by atoms with Gasteiger partial charge in [0.15, 0.2) is 0 Å². The molecular formula is C24H31ClN2O2. The minimum atomic E-state index is -0.540. The fourth-order valence-electron chi connectivity index (χ4n) is 3.23. The van der Waals surface area contributed by atoms with Crippen LogP contribution in [0, 0.1) is 6.92 Å².